The van der Waals surface area contributed by atoms with Gasteiger partial charge in [-0.1, -0.05) is 30.7 Å². The van der Waals surface area contributed by atoms with Crippen molar-refractivity contribution in [1.29, 1.82) is 0 Å². The van der Waals surface area contributed by atoms with Crippen molar-refractivity contribution < 1.29 is 0 Å². The number of piperidine rings is 1. The molecule has 0 radical (unpaired) electrons. The van der Waals surface area contributed by atoms with Gasteiger partial charge in [-0.25, -0.2) is 10.4 Å². The molecule has 1 aromatic carbocycles. The summed E-state index contributed by atoms with van der Waals surface area (Å²) < 4.78 is 0. The first-order valence-electron chi connectivity index (χ1n) is 7.96. The molecule has 0 amide bonds. The molecule has 0 saturated carbocycles. The van der Waals surface area contributed by atoms with Crippen molar-refractivity contribution in [3.8, 4) is 0 Å². The number of fused-ring (bicyclic) bond motifs is 1. The van der Waals surface area contributed by atoms with Gasteiger partial charge < -0.3 is 5.73 Å². The van der Waals surface area contributed by atoms with E-state index in [1.807, 2.05) is 0 Å². The maximum Gasteiger partial charge on any atom is 0.0528 e. The minimum atomic E-state index is 0.0174. The van der Waals surface area contributed by atoms with Crippen LogP contribution in [0, 0.1) is 0 Å². The van der Waals surface area contributed by atoms with Gasteiger partial charge in [0.25, 0.3) is 0 Å². The molecule has 1 aliphatic heterocycles. The van der Waals surface area contributed by atoms with Crippen LogP contribution in [0.1, 0.15) is 44.2 Å². The third kappa shape index (κ3) is 2.50. The molecule has 1 aliphatic carbocycles. The van der Waals surface area contributed by atoms with E-state index in [4.69, 9.17) is 5.73 Å². The topological polar surface area (TPSA) is 41.3 Å². The number of hydrogen-bond donors (Lipinski definition) is 2. The molecule has 2 unspecified atom stereocenters. The van der Waals surface area contributed by atoms with Gasteiger partial charge in [-0.15, -0.1) is 0 Å². The molecular weight excluding hydrogens is 246 g/mol. The number of hydrazine groups is 1. The smallest absolute Gasteiger partial charge is 0.0528 e. The second-order valence-corrected chi connectivity index (χ2v) is 6.75. The van der Waals surface area contributed by atoms with Gasteiger partial charge in [0.05, 0.1) is 5.54 Å². The van der Waals surface area contributed by atoms with Crippen molar-refractivity contribution in [2.45, 2.75) is 63.6 Å². The quantitative estimate of drug-likeness (QED) is 0.887. The van der Waals surface area contributed by atoms with E-state index < -0.39 is 0 Å². The molecule has 3 N–H and O–H groups in total. The van der Waals surface area contributed by atoms with Gasteiger partial charge in [0.1, 0.15) is 0 Å². The second kappa shape index (κ2) is 5.47. The Hall–Kier alpha value is -0.900. The summed E-state index contributed by atoms with van der Waals surface area (Å²) in [7, 11) is 0. The first kappa shape index (κ1) is 14.1. The van der Waals surface area contributed by atoms with Crippen molar-refractivity contribution in [3.05, 3.63) is 35.4 Å². The zero-order valence-corrected chi connectivity index (χ0v) is 12.7. The van der Waals surface area contributed by atoms with E-state index >= 15 is 0 Å². The largest absolute Gasteiger partial charge is 0.329 e. The summed E-state index contributed by atoms with van der Waals surface area (Å²) in [6, 6.07) is 9.97. The number of nitrogens with two attached hydrogens (primary N) is 1. The predicted octanol–water partition coefficient (Wildman–Crippen LogP) is 2.25. The van der Waals surface area contributed by atoms with Crippen molar-refractivity contribution in [2.75, 3.05) is 6.54 Å². The Balaban J connectivity index is 1.78. The zero-order valence-electron chi connectivity index (χ0n) is 12.7. The minimum absolute atomic E-state index is 0.0174. The maximum atomic E-state index is 6.17. The minimum Gasteiger partial charge on any atom is -0.329 e. The lowest BCUT2D eigenvalue weighted by Crippen LogP contribution is -2.64. The Kier molecular flexibility index (Phi) is 3.85. The molecule has 3 heteroatoms. The Morgan fingerprint density at radius 1 is 1.15 bits per heavy atom. The molecule has 3 rings (SSSR count). The normalized spacial score (nSPS) is 29.4. The summed E-state index contributed by atoms with van der Waals surface area (Å²) >= 11 is 0. The van der Waals surface area contributed by atoms with Crippen molar-refractivity contribution in [1.82, 2.24) is 10.4 Å². The van der Waals surface area contributed by atoms with Gasteiger partial charge in [0, 0.05) is 18.6 Å². The summed E-state index contributed by atoms with van der Waals surface area (Å²) in [4.78, 5) is 0. The van der Waals surface area contributed by atoms with Crippen LogP contribution in [0.5, 0.6) is 0 Å². The first-order chi connectivity index (χ1) is 9.63. The van der Waals surface area contributed by atoms with Crippen LogP contribution in [0.25, 0.3) is 0 Å². The maximum absolute atomic E-state index is 6.17. The SMILES string of the molecule is CC1CCCC(C)N1NC1(CN)Cc2ccccc2C1. The standard InChI is InChI=1S/C17H27N3/c1-13-6-5-7-14(2)20(13)19-17(12-18)10-15-8-3-4-9-16(15)11-17/h3-4,8-9,13-14,19H,5-7,10-12,18H2,1-2H3. The molecule has 2 atom stereocenters. The molecule has 110 valence electrons. The molecule has 1 saturated heterocycles. The molecule has 0 aromatic heterocycles. The van der Waals surface area contributed by atoms with Crippen molar-refractivity contribution in [2.24, 2.45) is 5.73 Å². The third-order valence-electron chi connectivity index (χ3n) is 5.13. The van der Waals surface area contributed by atoms with Gasteiger partial charge in [0.15, 0.2) is 0 Å². The zero-order chi connectivity index (χ0) is 14.2. The van der Waals surface area contributed by atoms with Crippen LogP contribution in [-0.2, 0) is 12.8 Å². The Labute approximate surface area is 122 Å². The van der Waals surface area contributed by atoms with Crippen LogP contribution in [0.4, 0.5) is 0 Å². The Morgan fingerprint density at radius 3 is 2.20 bits per heavy atom. The van der Waals surface area contributed by atoms with E-state index in [9.17, 15) is 0 Å². The van der Waals surface area contributed by atoms with E-state index in [1.54, 1.807) is 0 Å². The monoisotopic (exact) mass is 273 g/mol. The highest BCUT2D eigenvalue weighted by Gasteiger charge is 2.39. The average Bonchev–Trinajstić information content (AvgIpc) is 2.82. The fourth-order valence-corrected chi connectivity index (χ4v) is 3.88. The van der Waals surface area contributed by atoms with Gasteiger partial charge >= 0.3 is 0 Å². The molecule has 0 spiro atoms. The van der Waals surface area contributed by atoms with E-state index in [1.165, 1.54) is 30.4 Å². The number of nitrogens with zero attached hydrogens (tertiary/aromatic N) is 1. The molecule has 1 heterocycles. The third-order valence-corrected chi connectivity index (χ3v) is 5.13. The lowest BCUT2D eigenvalue weighted by Gasteiger charge is -2.45. The van der Waals surface area contributed by atoms with Crippen molar-refractivity contribution in [3.63, 3.8) is 0 Å². The highest BCUT2D eigenvalue weighted by Crippen LogP contribution is 2.31. The van der Waals surface area contributed by atoms with Crippen LogP contribution in [0.2, 0.25) is 0 Å². The lowest BCUT2D eigenvalue weighted by molar-refractivity contribution is 0.00432. The number of benzene rings is 1. The van der Waals surface area contributed by atoms with Gasteiger partial charge in [-0.2, -0.15) is 0 Å². The number of nitrogens with one attached hydrogen (secondary N) is 1. The fourth-order valence-electron chi connectivity index (χ4n) is 3.88. The average molecular weight is 273 g/mol. The van der Waals surface area contributed by atoms with Crippen molar-refractivity contribution >= 4 is 0 Å². The van der Waals surface area contributed by atoms with Crippen LogP contribution in [0.15, 0.2) is 24.3 Å². The van der Waals surface area contributed by atoms with E-state index in [-0.39, 0.29) is 5.54 Å². The van der Waals surface area contributed by atoms with Crippen LogP contribution in [-0.4, -0.2) is 29.2 Å². The highest BCUT2D eigenvalue weighted by molar-refractivity contribution is 5.36. The highest BCUT2D eigenvalue weighted by atomic mass is 15.6. The van der Waals surface area contributed by atoms with E-state index in [0.29, 0.717) is 18.6 Å². The van der Waals surface area contributed by atoms with Crippen LogP contribution in [0.3, 0.4) is 0 Å². The van der Waals surface area contributed by atoms with Gasteiger partial charge in [-0.05, 0) is 50.7 Å². The second-order valence-electron chi connectivity index (χ2n) is 6.75. The predicted molar refractivity (Wildman–Crippen MR) is 83.4 cm³/mol. The molecule has 1 fully saturated rings. The van der Waals surface area contributed by atoms with Gasteiger partial charge in [-0.3, -0.25) is 0 Å². The Bertz CT molecular complexity index is 436. The summed E-state index contributed by atoms with van der Waals surface area (Å²) in [6.45, 7) is 5.35. The molecular formula is C17H27N3. The van der Waals surface area contributed by atoms with E-state index in [2.05, 4.69) is 48.5 Å². The van der Waals surface area contributed by atoms with E-state index in [0.717, 1.165) is 12.8 Å². The summed E-state index contributed by atoms with van der Waals surface area (Å²) in [5.41, 5.74) is 12.9. The lowest BCUT2D eigenvalue weighted by atomic mass is 9.95. The molecule has 3 nitrogen and oxygen atoms in total. The molecule has 1 aromatic rings. The van der Waals surface area contributed by atoms with Crippen LogP contribution < -0.4 is 11.2 Å². The number of rotatable bonds is 3. The summed E-state index contributed by atoms with van der Waals surface area (Å²) in [6.07, 6.45) is 6.01. The number of hydrogen-bond acceptors (Lipinski definition) is 3. The van der Waals surface area contributed by atoms with Gasteiger partial charge in [0.2, 0.25) is 0 Å². The molecule has 0 bridgehead atoms. The van der Waals surface area contributed by atoms with Crippen LogP contribution >= 0.6 is 0 Å². The fraction of sp³-hybridized carbons (Fsp3) is 0.647. The summed E-state index contributed by atoms with van der Waals surface area (Å²) in [5.74, 6) is 0. The Morgan fingerprint density at radius 2 is 1.70 bits per heavy atom. The first-order valence-corrected chi connectivity index (χ1v) is 7.96. The summed E-state index contributed by atoms with van der Waals surface area (Å²) in [5, 5.41) is 2.47. The molecule has 20 heavy (non-hydrogen) atoms. The molecule has 2 aliphatic rings.